The van der Waals surface area contributed by atoms with Crippen LogP contribution in [-0.2, 0) is 14.4 Å². The Morgan fingerprint density at radius 1 is 0.967 bits per heavy atom. The Labute approximate surface area is 172 Å². The number of Topliss-reactive ketones (excluding diaryl/α,β-unsaturated/α-hetero) is 1. The van der Waals surface area contributed by atoms with Gasteiger partial charge in [-0.25, -0.2) is 4.79 Å². The van der Waals surface area contributed by atoms with E-state index in [2.05, 4.69) is 5.32 Å². The number of ketones is 1. The van der Waals surface area contributed by atoms with Crippen molar-refractivity contribution in [3.63, 3.8) is 0 Å². The van der Waals surface area contributed by atoms with E-state index in [1.807, 2.05) is 41.3 Å². The molecule has 0 aliphatic carbocycles. The Balaban J connectivity index is 1.52. The number of rotatable bonds is 3. The van der Waals surface area contributed by atoms with Crippen LogP contribution in [0.1, 0.15) is 22.8 Å². The summed E-state index contributed by atoms with van der Waals surface area (Å²) in [5.74, 6) is -2.74. The van der Waals surface area contributed by atoms with E-state index >= 15 is 0 Å². The number of imide groups is 1. The lowest BCUT2D eigenvalue weighted by atomic mass is 9.89. The number of para-hydroxylation sites is 1. The Hall–Kier alpha value is -3.74. The van der Waals surface area contributed by atoms with Crippen LogP contribution in [0.3, 0.4) is 0 Å². The summed E-state index contributed by atoms with van der Waals surface area (Å²) in [6.07, 6.45) is 3.78. The first-order valence-electron chi connectivity index (χ1n) is 9.68. The molecule has 5 rings (SSSR count). The summed E-state index contributed by atoms with van der Waals surface area (Å²) >= 11 is 0. The van der Waals surface area contributed by atoms with E-state index in [-0.39, 0.29) is 17.4 Å². The predicted octanol–water partition coefficient (Wildman–Crippen LogP) is 1.97. The summed E-state index contributed by atoms with van der Waals surface area (Å²) < 4.78 is 5.58. The highest BCUT2D eigenvalue weighted by Gasteiger charge is 2.62. The summed E-state index contributed by atoms with van der Waals surface area (Å²) in [6, 6.07) is 12.4. The molecule has 0 aromatic heterocycles. The average Bonchev–Trinajstić information content (AvgIpc) is 3.24. The normalized spacial score (nSPS) is 26.0. The number of hydrogen-bond acceptors (Lipinski definition) is 6. The zero-order valence-electron chi connectivity index (χ0n) is 16.1. The second-order valence-corrected chi connectivity index (χ2v) is 7.67. The minimum absolute atomic E-state index is 0.0906. The second-order valence-electron chi connectivity index (χ2n) is 7.67. The molecular weight excluding hydrogens is 384 g/mol. The highest BCUT2D eigenvalue weighted by Crippen LogP contribution is 2.46. The van der Waals surface area contributed by atoms with Crippen LogP contribution in [0.15, 0.2) is 54.6 Å². The molecule has 2 aromatic carbocycles. The van der Waals surface area contributed by atoms with Gasteiger partial charge in [0.2, 0.25) is 11.8 Å². The van der Waals surface area contributed by atoms with Crippen molar-refractivity contribution in [2.24, 2.45) is 11.8 Å². The molecule has 0 spiro atoms. The third-order valence-corrected chi connectivity index (χ3v) is 5.98. The molecule has 3 heterocycles. The third-order valence-electron chi connectivity index (χ3n) is 5.98. The molecule has 3 aliphatic rings. The summed E-state index contributed by atoms with van der Waals surface area (Å²) in [7, 11) is 0. The number of fused-ring (bicyclic) bond motifs is 5. The summed E-state index contributed by atoms with van der Waals surface area (Å²) in [5.41, 5.74) is 2.20. The maximum atomic E-state index is 13.2. The molecule has 30 heavy (non-hydrogen) atoms. The van der Waals surface area contributed by atoms with E-state index in [9.17, 15) is 19.2 Å². The van der Waals surface area contributed by atoms with Gasteiger partial charge in [0.15, 0.2) is 5.78 Å². The average molecular weight is 402 g/mol. The summed E-state index contributed by atoms with van der Waals surface area (Å²) in [6.45, 7) is 1.46. The Morgan fingerprint density at radius 2 is 1.67 bits per heavy atom. The number of hydrogen-bond donors (Lipinski definition) is 1. The molecule has 0 unspecified atom stereocenters. The van der Waals surface area contributed by atoms with Gasteiger partial charge < -0.3 is 9.64 Å². The van der Waals surface area contributed by atoms with Crippen LogP contribution < -0.4 is 15.0 Å². The number of carbonyl (C=O) groups excluding carboxylic acids is 4. The number of benzene rings is 2. The van der Waals surface area contributed by atoms with Crippen molar-refractivity contribution in [1.29, 1.82) is 0 Å². The van der Waals surface area contributed by atoms with Crippen LogP contribution in [0.25, 0.3) is 6.08 Å². The lowest BCUT2D eigenvalue weighted by molar-refractivity contribution is -0.139. The van der Waals surface area contributed by atoms with Crippen LogP contribution in [0.4, 0.5) is 5.69 Å². The number of nitrogens with zero attached hydrogens (tertiary/aromatic N) is 1. The monoisotopic (exact) mass is 402 g/mol. The van der Waals surface area contributed by atoms with Gasteiger partial charge in [-0.2, -0.15) is 0 Å². The quantitative estimate of drug-likeness (QED) is 0.365. The van der Waals surface area contributed by atoms with Crippen LogP contribution in [0, 0.1) is 11.8 Å². The van der Waals surface area contributed by atoms with Gasteiger partial charge in [-0.1, -0.05) is 30.4 Å². The largest absolute Gasteiger partial charge is 0.425 e. The predicted molar refractivity (Wildman–Crippen MR) is 108 cm³/mol. The van der Waals surface area contributed by atoms with Gasteiger partial charge in [-0.3, -0.25) is 19.7 Å². The third kappa shape index (κ3) is 2.66. The lowest BCUT2D eigenvalue weighted by Gasteiger charge is -2.35. The van der Waals surface area contributed by atoms with E-state index in [1.54, 1.807) is 24.3 Å². The Kier molecular flexibility index (Phi) is 4.06. The molecule has 3 aliphatic heterocycles. The SMILES string of the molecule is CC(=O)c1ccc(OC(=O)[C@H]2[C@H]3C(=O)NC(=O)[C@H]3[C@@H]3C=Cc4ccccc4N32)cc1. The molecule has 2 fully saturated rings. The van der Waals surface area contributed by atoms with Crippen molar-refractivity contribution in [3.8, 4) is 5.75 Å². The molecule has 150 valence electrons. The Morgan fingerprint density at radius 3 is 2.40 bits per heavy atom. The minimum atomic E-state index is -0.940. The Bertz CT molecular complexity index is 1120. The standard InChI is InChI=1S/C23H18N2O5/c1-12(26)13-6-9-15(10-7-13)30-23(29)20-19-18(21(27)24-22(19)28)17-11-8-14-4-2-3-5-16(14)25(17)20/h2-11,17-20H,1H3,(H,24,27,28)/t17-,18-,19-,20+/m0/s1. The maximum absolute atomic E-state index is 13.2. The van der Waals surface area contributed by atoms with Crippen LogP contribution in [-0.4, -0.2) is 35.7 Å². The summed E-state index contributed by atoms with van der Waals surface area (Å²) in [4.78, 5) is 51.6. The second kappa shape index (κ2) is 6.66. The zero-order valence-corrected chi connectivity index (χ0v) is 16.1. The highest BCUT2D eigenvalue weighted by atomic mass is 16.5. The molecule has 2 saturated heterocycles. The van der Waals surface area contributed by atoms with Gasteiger partial charge >= 0.3 is 5.97 Å². The van der Waals surface area contributed by atoms with Crippen LogP contribution in [0.5, 0.6) is 5.75 Å². The molecule has 0 radical (unpaired) electrons. The van der Waals surface area contributed by atoms with Crippen molar-refractivity contribution in [2.75, 3.05) is 4.90 Å². The van der Waals surface area contributed by atoms with Crippen LogP contribution in [0.2, 0.25) is 0 Å². The van der Waals surface area contributed by atoms with Crippen molar-refractivity contribution >= 4 is 35.3 Å². The number of anilines is 1. The number of carbonyl (C=O) groups is 4. The minimum Gasteiger partial charge on any atom is -0.425 e. The maximum Gasteiger partial charge on any atom is 0.335 e. The fraction of sp³-hybridized carbons (Fsp3) is 0.217. The molecule has 7 nitrogen and oxygen atoms in total. The van der Waals surface area contributed by atoms with E-state index in [1.165, 1.54) is 6.92 Å². The van der Waals surface area contributed by atoms with Gasteiger partial charge in [0.1, 0.15) is 11.8 Å². The molecular formula is C23H18N2O5. The van der Waals surface area contributed by atoms with E-state index in [4.69, 9.17) is 4.74 Å². The highest BCUT2D eigenvalue weighted by molar-refractivity contribution is 6.10. The van der Waals surface area contributed by atoms with E-state index < -0.39 is 35.8 Å². The summed E-state index contributed by atoms with van der Waals surface area (Å²) in [5, 5.41) is 2.36. The lowest BCUT2D eigenvalue weighted by Crippen LogP contribution is -2.49. The van der Waals surface area contributed by atoms with Gasteiger partial charge in [0, 0.05) is 11.3 Å². The smallest absolute Gasteiger partial charge is 0.335 e. The van der Waals surface area contributed by atoms with Crippen molar-refractivity contribution in [1.82, 2.24) is 5.32 Å². The topological polar surface area (TPSA) is 92.8 Å². The van der Waals surface area contributed by atoms with E-state index in [0.717, 1.165) is 11.3 Å². The first-order valence-corrected chi connectivity index (χ1v) is 9.68. The van der Waals surface area contributed by atoms with Crippen LogP contribution >= 0.6 is 0 Å². The van der Waals surface area contributed by atoms with E-state index in [0.29, 0.717) is 5.56 Å². The number of esters is 1. The number of amides is 2. The van der Waals surface area contributed by atoms with Gasteiger partial charge in [-0.15, -0.1) is 0 Å². The van der Waals surface area contributed by atoms with Gasteiger partial charge in [0.25, 0.3) is 0 Å². The number of nitrogens with one attached hydrogen (secondary N) is 1. The molecule has 0 bridgehead atoms. The fourth-order valence-corrected chi connectivity index (χ4v) is 4.64. The molecule has 1 N–H and O–H groups in total. The van der Waals surface area contributed by atoms with Crippen molar-refractivity contribution < 1.29 is 23.9 Å². The molecule has 2 aromatic rings. The first kappa shape index (κ1) is 18.3. The number of ether oxygens (including phenoxy) is 1. The van der Waals surface area contributed by atoms with Gasteiger partial charge in [0.05, 0.1) is 17.9 Å². The van der Waals surface area contributed by atoms with Gasteiger partial charge in [-0.05, 0) is 42.8 Å². The van der Waals surface area contributed by atoms with Crippen molar-refractivity contribution in [2.45, 2.75) is 19.0 Å². The fourth-order valence-electron chi connectivity index (χ4n) is 4.64. The first-order chi connectivity index (χ1) is 14.5. The molecule has 2 amide bonds. The van der Waals surface area contributed by atoms with Crippen molar-refractivity contribution in [3.05, 3.63) is 65.7 Å². The molecule has 4 atom stereocenters. The molecule has 0 saturated carbocycles. The molecule has 7 heteroatoms. The zero-order chi connectivity index (χ0) is 21.0.